The molecule has 20 heavy (non-hydrogen) atoms. The molecule has 0 bridgehead atoms. The third kappa shape index (κ3) is 3.23. The molecular weight excluding hydrogens is 278 g/mol. The van der Waals surface area contributed by atoms with Crippen LogP contribution in [0.3, 0.4) is 0 Å². The van der Waals surface area contributed by atoms with Gasteiger partial charge in [-0.2, -0.15) is 0 Å². The van der Waals surface area contributed by atoms with Crippen LogP contribution in [0.2, 0.25) is 0 Å². The molecule has 0 aliphatic carbocycles. The van der Waals surface area contributed by atoms with E-state index < -0.39 is 10.0 Å². The Hall–Kier alpha value is -1.73. The summed E-state index contributed by atoms with van der Waals surface area (Å²) in [6.45, 7) is 5.47. The highest BCUT2D eigenvalue weighted by Gasteiger charge is 2.19. The molecule has 0 spiro atoms. The van der Waals surface area contributed by atoms with E-state index in [-0.39, 0.29) is 10.9 Å². The number of aromatic nitrogens is 2. The van der Waals surface area contributed by atoms with Crippen molar-refractivity contribution in [1.82, 2.24) is 14.9 Å². The molecule has 2 heterocycles. The summed E-state index contributed by atoms with van der Waals surface area (Å²) in [5, 5.41) is 3.86. The number of aryl methyl sites for hydroxylation is 2. The quantitative estimate of drug-likeness (QED) is 0.905. The van der Waals surface area contributed by atoms with Gasteiger partial charge in [-0.25, -0.2) is 13.1 Å². The molecule has 6 nitrogen and oxygen atoms in total. The number of nitrogens with one attached hydrogen (secondary N) is 1. The van der Waals surface area contributed by atoms with Crippen molar-refractivity contribution in [1.29, 1.82) is 0 Å². The fourth-order valence-electron chi connectivity index (χ4n) is 1.99. The smallest absolute Gasteiger partial charge is 0.240 e. The minimum absolute atomic E-state index is 0.207. The van der Waals surface area contributed by atoms with Gasteiger partial charge in [-0.05, 0) is 39.3 Å². The Bertz CT molecular complexity index is 661. The number of rotatable bonds is 5. The second-order valence-electron chi connectivity index (χ2n) is 4.71. The van der Waals surface area contributed by atoms with Gasteiger partial charge in [0.25, 0.3) is 0 Å². The fourth-order valence-corrected chi connectivity index (χ4v) is 3.22. The average Bonchev–Trinajstić information content (AvgIpc) is 2.71. The zero-order valence-electron chi connectivity index (χ0n) is 11.6. The summed E-state index contributed by atoms with van der Waals surface area (Å²) in [5.41, 5.74) is 1.73. The lowest BCUT2D eigenvalue weighted by Gasteiger charge is -2.14. The molecule has 0 aromatic carbocycles. The first kappa shape index (κ1) is 14.7. The molecule has 2 rings (SSSR count). The Morgan fingerprint density at radius 2 is 1.95 bits per heavy atom. The lowest BCUT2D eigenvalue weighted by molar-refractivity contribution is 0.392. The van der Waals surface area contributed by atoms with Gasteiger partial charge in [-0.15, -0.1) is 0 Å². The molecule has 0 radical (unpaired) electrons. The summed E-state index contributed by atoms with van der Waals surface area (Å²) < 4.78 is 32.0. The van der Waals surface area contributed by atoms with Gasteiger partial charge in [0.2, 0.25) is 10.0 Å². The van der Waals surface area contributed by atoms with Crippen molar-refractivity contribution in [3.63, 3.8) is 0 Å². The molecule has 0 aliphatic rings. The maximum absolute atomic E-state index is 12.2. The highest BCUT2D eigenvalue weighted by atomic mass is 32.2. The molecule has 1 N–H and O–H groups in total. The molecule has 7 heteroatoms. The lowest BCUT2D eigenvalue weighted by Crippen LogP contribution is -2.34. The number of hydrogen-bond donors (Lipinski definition) is 1. The highest BCUT2D eigenvalue weighted by Crippen LogP contribution is 2.15. The van der Waals surface area contributed by atoms with Crippen molar-refractivity contribution < 1.29 is 12.9 Å². The second-order valence-corrected chi connectivity index (χ2v) is 6.43. The van der Waals surface area contributed by atoms with Crippen LogP contribution in [-0.2, 0) is 16.4 Å². The van der Waals surface area contributed by atoms with Crippen LogP contribution in [0, 0.1) is 13.8 Å². The fraction of sp³-hybridized carbons (Fsp3) is 0.385. The van der Waals surface area contributed by atoms with Crippen molar-refractivity contribution in [3.8, 4) is 0 Å². The van der Waals surface area contributed by atoms with Gasteiger partial charge in [-0.3, -0.25) is 4.98 Å². The molecule has 2 aromatic heterocycles. The van der Waals surface area contributed by atoms with Crippen molar-refractivity contribution >= 4 is 10.0 Å². The third-order valence-corrected chi connectivity index (χ3v) is 4.61. The van der Waals surface area contributed by atoms with Gasteiger partial charge in [-0.1, -0.05) is 5.16 Å². The van der Waals surface area contributed by atoms with Crippen LogP contribution in [-0.4, -0.2) is 24.6 Å². The van der Waals surface area contributed by atoms with Crippen LogP contribution < -0.4 is 4.72 Å². The molecule has 0 saturated carbocycles. The average molecular weight is 295 g/mol. The normalized spacial score (nSPS) is 13.3. The zero-order valence-corrected chi connectivity index (χ0v) is 12.4. The maximum Gasteiger partial charge on any atom is 0.240 e. The van der Waals surface area contributed by atoms with E-state index in [1.807, 2.05) is 20.8 Å². The highest BCUT2D eigenvalue weighted by molar-refractivity contribution is 7.89. The predicted octanol–water partition coefficient (Wildman–Crippen LogP) is 1.60. The van der Waals surface area contributed by atoms with Gasteiger partial charge in [0.1, 0.15) is 5.76 Å². The maximum atomic E-state index is 12.2. The number of pyridine rings is 1. The standard InChI is InChI=1S/C13H17N3O3S/c1-9(8-13-10(2)15-19-11(13)3)16-20(17,18)12-4-6-14-7-5-12/h4-7,9,16H,8H2,1-3H3. The van der Waals surface area contributed by atoms with Gasteiger partial charge >= 0.3 is 0 Å². The Morgan fingerprint density at radius 3 is 2.50 bits per heavy atom. The minimum atomic E-state index is -3.53. The van der Waals surface area contributed by atoms with E-state index in [0.717, 1.165) is 17.0 Å². The number of sulfonamides is 1. The largest absolute Gasteiger partial charge is 0.361 e. The van der Waals surface area contributed by atoms with Gasteiger partial charge < -0.3 is 4.52 Å². The first-order valence-corrected chi connectivity index (χ1v) is 7.72. The van der Waals surface area contributed by atoms with E-state index in [1.165, 1.54) is 24.5 Å². The van der Waals surface area contributed by atoms with E-state index in [2.05, 4.69) is 14.9 Å². The van der Waals surface area contributed by atoms with Crippen LogP contribution in [0.15, 0.2) is 33.9 Å². The van der Waals surface area contributed by atoms with E-state index in [4.69, 9.17) is 4.52 Å². The van der Waals surface area contributed by atoms with Crippen LogP contribution in [0.1, 0.15) is 23.9 Å². The Labute approximate surface area is 118 Å². The Balaban J connectivity index is 2.11. The molecule has 1 atom stereocenters. The minimum Gasteiger partial charge on any atom is -0.361 e. The van der Waals surface area contributed by atoms with E-state index in [1.54, 1.807) is 0 Å². The third-order valence-electron chi connectivity index (χ3n) is 3.01. The summed E-state index contributed by atoms with van der Waals surface area (Å²) in [6, 6.07) is 2.67. The zero-order chi connectivity index (χ0) is 14.8. The van der Waals surface area contributed by atoms with Gasteiger partial charge in [0.05, 0.1) is 10.6 Å². The van der Waals surface area contributed by atoms with Crippen LogP contribution in [0.5, 0.6) is 0 Å². The van der Waals surface area contributed by atoms with Crippen LogP contribution >= 0.6 is 0 Å². The summed E-state index contributed by atoms with van der Waals surface area (Å²) in [5.74, 6) is 0.720. The Kier molecular flexibility index (Phi) is 4.20. The van der Waals surface area contributed by atoms with Crippen molar-refractivity contribution in [3.05, 3.63) is 41.5 Å². The second kappa shape index (κ2) is 5.72. The topological polar surface area (TPSA) is 85.1 Å². The van der Waals surface area contributed by atoms with Crippen molar-refractivity contribution in [2.75, 3.05) is 0 Å². The monoisotopic (exact) mass is 295 g/mol. The lowest BCUT2D eigenvalue weighted by atomic mass is 10.1. The van der Waals surface area contributed by atoms with E-state index >= 15 is 0 Å². The van der Waals surface area contributed by atoms with Crippen LogP contribution in [0.4, 0.5) is 0 Å². The van der Waals surface area contributed by atoms with E-state index in [0.29, 0.717) is 6.42 Å². The molecule has 2 aromatic rings. The first-order valence-electron chi connectivity index (χ1n) is 6.24. The van der Waals surface area contributed by atoms with Crippen molar-refractivity contribution in [2.24, 2.45) is 0 Å². The van der Waals surface area contributed by atoms with Crippen LogP contribution in [0.25, 0.3) is 0 Å². The van der Waals surface area contributed by atoms with Gasteiger partial charge in [0.15, 0.2) is 0 Å². The summed E-state index contributed by atoms with van der Waals surface area (Å²) in [6.07, 6.45) is 3.44. The molecule has 108 valence electrons. The summed E-state index contributed by atoms with van der Waals surface area (Å²) in [7, 11) is -3.53. The number of nitrogens with zero attached hydrogens (tertiary/aromatic N) is 2. The first-order chi connectivity index (χ1) is 9.40. The van der Waals surface area contributed by atoms with Gasteiger partial charge in [0, 0.05) is 24.0 Å². The molecule has 1 unspecified atom stereocenters. The molecule has 0 amide bonds. The molecule has 0 fully saturated rings. The summed E-state index contributed by atoms with van der Waals surface area (Å²) >= 11 is 0. The predicted molar refractivity (Wildman–Crippen MR) is 73.7 cm³/mol. The molecular formula is C13H17N3O3S. The summed E-state index contributed by atoms with van der Waals surface area (Å²) in [4.78, 5) is 4.02. The molecule has 0 saturated heterocycles. The number of hydrogen-bond acceptors (Lipinski definition) is 5. The van der Waals surface area contributed by atoms with E-state index in [9.17, 15) is 8.42 Å². The Morgan fingerprint density at radius 1 is 1.30 bits per heavy atom. The SMILES string of the molecule is Cc1noc(C)c1CC(C)NS(=O)(=O)c1ccncc1. The molecule has 0 aliphatic heterocycles. The van der Waals surface area contributed by atoms with Crippen molar-refractivity contribution in [2.45, 2.75) is 38.1 Å².